The largest absolute Gasteiger partial charge is 0.463 e. The Morgan fingerprint density at radius 3 is 2.41 bits per heavy atom. The maximum absolute atomic E-state index is 12.4. The van der Waals surface area contributed by atoms with Gasteiger partial charge in [0, 0.05) is 12.2 Å². The minimum absolute atomic E-state index is 0.144. The average Bonchev–Trinajstić information content (AvgIpc) is 2.46. The van der Waals surface area contributed by atoms with Crippen molar-refractivity contribution in [3.63, 3.8) is 0 Å². The molecule has 0 bridgehead atoms. The molecule has 5 heteroatoms. The number of aryl methyl sites for hydroxylation is 1. The third kappa shape index (κ3) is 5.34. The summed E-state index contributed by atoms with van der Waals surface area (Å²) in [4.78, 5) is 25.7. The van der Waals surface area contributed by atoms with Crippen molar-refractivity contribution in [3.05, 3.63) is 29.8 Å². The molecule has 1 rings (SSSR count). The molecule has 122 valence electrons. The van der Waals surface area contributed by atoms with Gasteiger partial charge in [-0.2, -0.15) is 0 Å². The fourth-order valence-electron chi connectivity index (χ4n) is 2.16. The number of rotatable bonds is 7. The molecule has 0 fully saturated rings. The summed E-state index contributed by atoms with van der Waals surface area (Å²) in [6.07, 6.45) is 0.782. The number of para-hydroxylation sites is 1. The molecule has 1 aromatic rings. The molecule has 0 radical (unpaired) electrons. The van der Waals surface area contributed by atoms with Crippen molar-refractivity contribution in [2.24, 2.45) is 0 Å². The van der Waals surface area contributed by atoms with E-state index in [0.717, 1.165) is 17.7 Å². The van der Waals surface area contributed by atoms with Crippen LogP contribution in [0.3, 0.4) is 0 Å². The van der Waals surface area contributed by atoms with E-state index < -0.39 is 5.38 Å². The lowest BCUT2D eigenvalue weighted by atomic mass is 10.1. The monoisotopic (exact) mass is 325 g/mol. The van der Waals surface area contributed by atoms with Crippen molar-refractivity contribution in [1.82, 2.24) is 0 Å². The molecule has 0 saturated carbocycles. The molecule has 0 aliphatic heterocycles. The molecule has 0 aliphatic carbocycles. The summed E-state index contributed by atoms with van der Waals surface area (Å²) < 4.78 is 5.12. The first-order chi connectivity index (χ1) is 10.4. The molecule has 4 nitrogen and oxygen atoms in total. The van der Waals surface area contributed by atoms with Crippen LogP contribution in [0.15, 0.2) is 24.3 Å². The van der Waals surface area contributed by atoms with Gasteiger partial charge in [-0.05, 0) is 38.8 Å². The van der Waals surface area contributed by atoms with Gasteiger partial charge in [0.05, 0.1) is 12.5 Å². The van der Waals surface area contributed by atoms with Gasteiger partial charge in [-0.15, -0.1) is 11.6 Å². The summed E-state index contributed by atoms with van der Waals surface area (Å²) >= 11 is 5.96. The van der Waals surface area contributed by atoms with E-state index >= 15 is 0 Å². The minimum Gasteiger partial charge on any atom is -0.463 e. The minimum atomic E-state index is -0.647. The summed E-state index contributed by atoms with van der Waals surface area (Å²) in [7, 11) is 0. The van der Waals surface area contributed by atoms with Crippen molar-refractivity contribution >= 4 is 29.2 Å². The van der Waals surface area contributed by atoms with E-state index in [1.54, 1.807) is 25.7 Å². The lowest BCUT2D eigenvalue weighted by Crippen LogP contribution is -2.38. The first kappa shape index (κ1) is 18.5. The maximum Gasteiger partial charge on any atom is 0.307 e. The summed E-state index contributed by atoms with van der Waals surface area (Å²) in [5.74, 6) is -0.524. The zero-order chi connectivity index (χ0) is 16.7. The van der Waals surface area contributed by atoms with Crippen molar-refractivity contribution in [2.45, 2.75) is 52.0 Å². The number of halogens is 1. The number of alkyl halides is 1. The van der Waals surface area contributed by atoms with Gasteiger partial charge in [0.15, 0.2) is 0 Å². The van der Waals surface area contributed by atoms with E-state index in [1.807, 2.05) is 31.2 Å². The summed E-state index contributed by atoms with van der Waals surface area (Å²) in [6.45, 7) is 7.52. The van der Waals surface area contributed by atoms with Gasteiger partial charge in [-0.3, -0.25) is 9.59 Å². The normalized spacial score (nSPS) is 12.1. The molecule has 0 N–H and O–H groups in total. The number of esters is 1. The Morgan fingerprint density at radius 2 is 1.86 bits per heavy atom. The SMILES string of the molecule is CCc1ccccc1N(CCC(=O)OC(C)C)C(=O)C(C)Cl. The molecular weight excluding hydrogens is 302 g/mol. The van der Waals surface area contributed by atoms with Crippen molar-refractivity contribution < 1.29 is 14.3 Å². The van der Waals surface area contributed by atoms with Crippen LogP contribution < -0.4 is 4.90 Å². The van der Waals surface area contributed by atoms with E-state index in [4.69, 9.17) is 16.3 Å². The number of nitrogens with zero attached hydrogens (tertiary/aromatic N) is 1. The highest BCUT2D eigenvalue weighted by Crippen LogP contribution is 2.23. The number of carbonyl (C=O) groups is 2. The van der Waals surface area contributed by atoms with Gasteiger partial charge < -0.3 is 9.64 Å². The van der Waals surface area contributed by atoms with E-state index in [9.17, 15) is 9.59 Å². The number of benzene rings is 1. The van der Waals surface area contributed by atoms with Crippen molar-refractivity contribution in [3.8, 4) is 0 Å². The first-order valence-electron chi connectivity index (χ1n) is 7.59. The Hall–Kier alpha value is -1.55. The van der Waals surface area contributed by atoms with Crippen LogP contribution in [0.25, 0.3) is 0 Å². The Kier molecular flexibility index (Phi) is 7.39. The second kappa shape index (κ2) is 8.79. The summed E-state index contributed by atoms with van der Waals surface area (Å²) in [5, 5.41) is -0.647. The maximum atomic E-state index is 12.4. The molecule has 1 atom stereocenters. The van der Waals surface area contributed by atoms with Crippen molar-refractivity contribution in [2.75, 3.05) is 11.4 Å². The van der Waals surface area contributed by atoms with E-state index in [1.165, 1.54) is 0 Å². The Balaban J connectivity index is 2.94. The predicted octanol–water partition coefficient (Wildman–Crippen LogP) is 3.55. The molecule has 0 aliphatic rings. The van der Waals surface area contributed by atoms with Crippen LogP contribution in [0.4, 0.5) is 5.69 Å². The molecule has 1 amide bonds. The van der Waals surface area contributed by atoms with E-state index in [0.29, 0.717) is 0 Å². The number of hydrogen-bond acceptors (Lipinski definition) is 3. The number of carbonyl (C=O) groups excluding carboxylic acids is 2. The number of ether oxygens (including phenoxy) is 1. The van der Waals surface area contributed by atoms with Crippen molar-refractivity contribution in [1.29, 1.82) is 0 Å². The van der Waals surface area contributed by atoms with E-state index in [2.05, 4.69) is 0 Å². The highest BCUT2D eigenvalue weighted by Gasteiger charge is 2.23. The Bertz CT molecular complexity index is 514. The zero-order valence-corrected chi connectivity index (χ0v) is 14.4. The second-order valence-electron chi connectivity index (χ2n) is 5.38. The average molecular weight is 326 g/mol. The van der Waals surface area contributed by atoms with Gasteiger partial charge in [-0.25, -0.2) is 0 Å². The van der Waals surface area contributed by atoms with Gasteiger partial charge in [0.25, 0.3) is 0 Å². The number of amides is 1. The lowest BCUT2D eigenvalue weighted by molar-refractivity contribution is -0.147. The fourth-order valence-corrected chi connectivity index (χ4v) is 2.28. The Morgan fingerprint density at radius 1 is 1.23 bits per heavy atom. The van der Waals surface area contributed by atoms with Crippen LogP contribution in [-0.2, 0) is 20.7 Å². The van der Waals surface area contributed by atoms with Gasteiger partial charge in [0.1, 0.15) is 5.38 Å². The molecule has 0 saturated heterocycles. The van der Waals surface area contributed by atoms with E-state index in [-0.39, 0.29) is 30.9 Å². The molecule has 0 heterocycles. The Labute approximate surface area is 137 Å². The lowest BCUT2D eigenvalue weighted by Gasteiger charge is -2.26. The molecular formula is C17H24ClNO3. The third-order valence-electron chi connectivity index (χ3n) is 3.18. The molecule has 0 spiro atoms. The highest BCUT2D eigenvalue weighted by atomic mass is 35.5. The third-order valence-corrected chi connectivity index (χ3v) is 3.36. The van der Waals surface area contributed by atoms with Gasteiger partial charge in [-0.1, -0.05) is 25.1 Å². The zero-order valence-electron chi connectivity index (χ0n) is 13.6. The van der Waals surface area contributed by atoms with Crippen LogP contribution >= 0.6 is 11.6 Å². The number of hydrogen-bond donors (Lipinski definition) is 0. The van der Waals surface area contributed by atoms with Gasteiger partial charge >= 0.3 is 5.97 Å². The topological polar surface area (TPSA) is 46.6 Å². The van der Waals surface area contributed by atoms with Crippen LogP contribution in [0.2, 0.25) is 0 Å². The second-order valence-corrected chi connectivity index (χ2v) is 6.03. The van der Waals surface area contributed by atoms with Crippen LogP contribution in [0, 0.1) is 0 Å². The fraction of sp³-hybridized carbons (Fsp3) is 0.529. The summed E-state index contributed by atoms with van der Waals surface area (Å²) in [6, 6.07) is 7.66. The van der Waals surface area contributed by atoms with Crippen LogP contribution in [0.1, 0.15) is 39.7 Å². The molecule has 1 aromatic carbocycles. The van der Waals surface area contributed by atoms with Gasteiger partial charge in [0.2, 0.25) is 5.91 Å². The highest BCUT2D eigenvalue weighted by molar-refractivity contribution is 6.32. The quantitative estimate of drug-likeness (QED) is 0.569. The van der Waals surface area contributed by atoms with Crippen LogP contribution in [0.5, 0.6) is 0 Å². The predicted molar refractivity (Wildman–Crippen MR) is 89.3 cm³/mol. The molecule has 1 unspecified atom stereocenters. The molecule has 0 aromatic heterocycles. The first-order valence-corrected chi connectivity index (χ1v) is 8.03. The summed E-state index contributed by atoms with van der Waals surface area (Å²) in [5.41, 5.74) is 1.85. The standard InChI is InChI=1S/C17H24ClNO3/c1-5-14-8-6-7-9-15(14)19(17(21)13(4)18)11-10-16(20)22-12(2)3/h6-9,12-13H,5,10-11H2,1-4H3. The number of anilines is 1. The molecule has 22 heavy (non-hydrogen) atoms. The van der Waals surface area contributed by atoms with Crippen LogP contribution in [-0.4, -0.2) is 29.9 Å². The smallest absolute Gasteiger partial charge is 0.307 e.